The molecule has 1 N–H and O–H groups in total. The standard InChI is InChI=1S/C13H25N3O/c1-4-8-16-11-12(10-15-16)13(14-5-2)7-6-9-17-3/h10-11,13-14H,4-9H2,1-3H3. The lowest BCUT2D eigenvalue weighted by atomic mass is 10.1. The van der Waals surface area contributed by atoms with Crippen LogP contribution in [0.1, 0.15) is 44.7 Å². The molecule has 0 fully saturated rings. The van der Waals surface area contributed by atoms with Gasteiger partial charge in [0.1, 0.15) is 0 Å². The molecular formula is C13H25N3O. The van der Waals surface area contributed by atoms with Crippen molar-refractivity contribution in [1.29, 1.82) is 0 Å². The van der Waals surface area contributed by atoms with E-state index in [2.05, 4.69) is 30.5 Å². The normalized spacial score (nSPS) is 12.9. The largest absolute Gasteiger partial charge is 0.385 e. The van der Waals surface area contributed by atoms with E-state index in [9.17, 15) is 0 Å². The van der Waals surface area contributed by atoms with Crippen molar-refractivity contribution in [2.24, 2.45) is 0 Å². The summed E-state index contributed by atoms with van der Waals surface area (Å²) in [4.78, 5) is 0. The van der Waals surface area contributed by atoms with E-state index in [4.69, 9.17) is 4.74 Å². The lowest BCUT2D eigenvalue weighted by Gasteiger charge is -2.15. The Morgan fingerprint density at radius 3 is 2.94 bits per heavy atom. The van der Waals surface area contributed by atoms with Gasteiger partial charge in [0.2, 0.25) is 0 Å². The summed E-state index contributed by atoms with van der Waals surface area (Å²) in [6, 6.07) is 0.403. The summed E-state index contributed by atoms with van der Waals surface area (Å²) >= 11 is 0. The quantitative estimate of drug-likeness (QED) is 0.672. The molecule has 0 aliphatic heterocycles. The molecule has 1 aromatic rings. The van der Waals surface area contributed by atoms with Crippen molar-refractivity contribution in [3.05, 3.63) is 18.0 Å². The van der Waals surface area contributed by atoms with E-state index in [0.717, 1.165) is 39.0 Å². The summed E-state index contributed by atoms with van der Waals surface area (Å²) < 4.78 is 7.13. The number of nitrogens with zero attached hydrogens (tertiary/aromatic N) is 2. The number of rotatable bonds is 9. The Bertz CT molecular complexity index is 299. The van der Waals surface area contributed by atoms with Crippen LogP contribution in [0, 0.1) is 0 Å². The number of ether oxygens (including phenoxy) is 1. The molecule has 0 bridgehead atoms. The van der Waals surface area contributed by atoms with Crippen molar-refractivity contribution in [2.75, 3.05) is 20.3 Å². The van der Waals surface area contributed by atoms with Crippen molar-refractivity contribution >= 4 is 0 Å². The van der Waals surface area contributed by atoms with Gasteiger partial charge >= 0.3 is 0 Å². The van der Waals surface area contributed by atoms with Crippen LogP contribution < -0.4 is 5.32 Å². The molecule has 1 heterocycles. The fourth-order valence-corrected chi connectivity index (χ4v) is 1.98. The Balaban J connectivity index is 2.54. The monoisotopic (exact) mass is 239 g/mol. The van der Waals surface area contributed by atoms with Gasteiger partial charge in [-0.15, -0.1) is 0 Å². The van der Waals surface area contributed by atoms with E-state index in [1.54, 1.807) is 7.11 Å². The highest BCUT2D eigenvalue weighted by Gasteiger charge is 2.11. The summed E-state index contributed by atoms with van der Waals surface area (Å²) in [6.45, 7) is 7.11. The molecule has 1 aromatic heterocycles. The van der Waals surface area contributed by atoms with Crippen LogP contribution in [-0.4, -0.2) is 30.0 Å². The van der Waals surface area contributed by atoms with Crippen LogP contribution in [-0.2, 0) is 11.3 Å². The fraction of sp³-hybridized carbons (Fsp3) is 0.769. The zero-order valence-electron chi connectivity index (χ0n) is 11.3. The van der Waals surface area contributed by atoms with E-state index >= 15 is 0 Å². The molecule has 0 aliphatic carbocycles. The average Bonchev–Trinajstić information content (AvgIpc) is 2.77. The minimum Gasteiger partial charge on any atom is -0.385 e. The van der Waals surface area contributed by atoms with Gasteiger partial charge in [0.25, 0.3) is 0 Å². The Labute approximate surface area is 104 Å². The third kappa shape index (κ3) is 4.88. The number of nitrogens with one attached hydrogen (secondary N) is 1. The zero-order chi connectivity index (χ0) is 12.5. The first-order chi connectivity index (χ1) is 8.31. The molecule has 0 spiro atoms. The molecule has 0 saturated carbocycles. The van der Waals surface area contributed by atoms with E-state index in [0.29, 0.717) is 6.04 Å². The predicted octanol–water partition coefficient (Wildman–Crippen LogP) is 2.37. The van der Waals surface area contributed by atoms with Gasteiger partial charge in [0.05, 0.1) is 6.20 Å². The Morgan fingerprint density at radius 2 is 2.29 bits per heavy atom. The van der Waals surface area contributed by atoms with Crippen LogP contribution in [0.2, 0.25) is 0 Å². The third-order valence-electron chi connectivity index (χ3n) is 2.80. The van der Waals surface area contributed by atoms with Crippen molar-refractivity contribution in [3.63, 3.8) is 0 Å². The maximum absolute atomic E-state index is 5.10. The van der Waals surface area contributed by atoms with Gasteiger partial charge in [-0.3, -0.25) is 4.68 Å². The van der Waals surface area contributed by atoms with Crippen LogP contribution in [0.3, 0.4) is 0 Å². The van der Waals surface area contributed by atoms with Crippen molar-refractivity contribution in [3.8, 4) is 0 Å². The number of hydrogen-bond donors (Lipinski definition) is 1. The van der Waals surface area contributed by atoms with Crippen molar-refractivity contribution < 1.29 is 4.74 Å². The minimum atomic E-state index is 0.403. The minimum absolute atomic E-state index is 0.403. The van der Waals surface area contributed by atoms with Crippen LogP contribution in [0.4, 0.5) is 0 Å². The first kappa shape index (κ1) is 14.2. The number of aromatic nitrogens is 2. The van der Waals surface area contributed by atoms with Crippen LogP contribution in [0.5, 0.6) is 0 Å². The molecular weight excluding hydrogens is 214 g/mol. The van der Waals surface area contributed by atoms with E-state index in [1.807, 2.05) is 10.9 Å². The van der Waals surface area contributed by atoms with E-state index in [1.165, 1.54) is 5.56 Å². The van der Waals surface area contributed by atoms with Gasteiger partial charge in [-0.2, -0.15) is 5.10 Å². The second-order valence-electron chi connectivity index (χ2n) is 4.28. The van der Waals surface area contributed by atoms with Gasteiger partial charge < -0.3 is 10.1 Å². The zero-order valence-corrected chi connectivity index (χ0v) is 11.3. The third-order valence-corrected chi connectivity index (χ3v) is 2.80. The van der Waals surface area contributed by atoms with Crippen LogP contribution in [0.25, 0.3) is 0 Å². The molecule has 4 nitrogen and oxygen atoms in total. The topological polar surface area (TPSA) is 39.1 Å². The van der Waals surface area contributed by atoms with Gasteiger partial charge in [-0.05, 0) is 25.8 Å². The van der Waals surface area contributed by atoms with Gasteiger partial charge in [0.15, 0.2) is 0 Å². The molecule has 0 amide bonds. The summed E-state index contributed by atoms with van der Waals surface area (Å²) in [5.41, 5.74) is 1.29. The Morgan fingerprint density at radius 1 is 1.47 bits per heavy atom. The summed E-state index contributed by atoms with van der Waals surface area (Å²) in [5, 5.41) is 7.89. The fourth-order valence-electron chi connectivity index (χ4n) is 1.98. The molecule has 1 atom stereocenters. The molecule has 0 aliphatic rings. The van der Waals surface area contributed by atoms with Gasteiger partial charge in [0, 0.05) is 38.1 Å². The highest BCUT2D eigenvalue weighted by atomic mass is 16.5. The molecule has 0 radical (unpaired) electrons. The molecule has 0 aromatic carbocycles. The molecule has 0 saturated heterocycles. The average molecular weight is 239 g/mol. The smallest absolute Gasteiger partial charge is 0.0537 e. The number of aryl methyl sites for hydroxylation is 1. The lowest BCUT2D eigenvalue weighted by Crippen LogP contribution is -2.20. The van der Waals surface area contributed by atoms with Crippen molar-refractivity contribution in [1.82, 2.24) is 15.1 Å². The van der Waals surface area contributed by atoms with E-state index in [-0.39, 0.29) is 0 Å². The predicted molar refractivity (Wildman–Crippen MR) is 70.0 cm³/mol. The second kappa shape index (κ2) is 8.25. The highest BCUT2D eigenvalue weighted by Crippen LogP contribution is 2.17. The number of hydrogen-bond acceptors (Lipinski definition) is 3. The second-order valence-corrected chi connectivity index (χ2v) is 4.28. The molecule has 98 valence electrons. The van der Waals surface area contributed by atoms with E-state index < -0.39 is 0 Å². The number of methoxy groups -OCH3 is 1. The van der Waals surface area contributed by atoms with Crippen molar-refractivity contribution in [2.45, 2.75) is 45.7 Å². The maximum Gasteiger partial charge on any atom is 0.0537 e. The lowest BCUT2D eigenvalue weighted by molar-refractivity contribution is 0.189. The molecule has 1 rings (SSSR count). The van der Waals surface area contributed by atoms with Crippen LogP contribution in [0.15, 0.2) is 12.4 Å². The highest BCUT2D eigenvalue weighted by molar-refractivity contribution is 5.10. The van der Waals surface area contributed by atoms with Crippen LogP contribution >= 0.6 is 0 Å². The maximum atomic E-state index is 5.10. The molecule has 4 heteroatoms. The summed E-state index contributed by atoms with van der Waals surface area (Å²) in [7, 11) is 1.75. The first-order valence-electron chi connectivity index (χ1n) is 6.56. The summed E-state index contributed by atoms with van der Waals surface area (Å²) in [5.74, 6) is 0. The summed E-state index contributed by atoms with van der Waals surface area (Å²) in [6.07, 6.45) is 7.43. The van der Waals surface area contributed by atoms with Gasteiger partial charge in [-0.25, -0.2) is 0 Å². The first-order valence-corrected chi connectivity index (χ1v) is 6.56. The Kier molecular flexibility index (Phi) is 6.89. The van der Waals surface area contributed by atoms with Gasteiger partial charge in [-0.1, -0.05) is 13.8 Å². The molecule has 17 heavy (non-hydrogen) atoms. The Hall–Kier alpha value is -0.870. The SMILES string of the molecule is CCCn1cc(C(CCCOC)NCC)cn1. The molecule has 1 unspecified atom stereocenters.